The van der Waals surface area contributed by atoms with Gasteiger partial charge in [0.25, 0.3) is 0 Å². The Labute approximate surface area is 154 Å². The first-order valence-electron chi connectivity index (χ1n) is 8.62. The molecule has 1 fully saturated rings. The zero-order chi connectivity index (χ0) is 19.2. The average molecular weight is 379 g/mol. The summed E-state index contributed by atoms with van der Waals surface area (Å²) in [4.78, 5) is 23.6. The maximum Gasteiger partial charge on any atom is 0.241 e. The molecule has 0 aromatic heterocycles. The number of carbonyl (C=O) groups is 2. The predicted octanol–water partition coefficient (Wildman–Crippen LogP) is 1.50. The summed E-state index contributed by atoms with van der Waals surface area (Å²) in [5.74, 6) is -1.08. The van der Waals surface area contributed by atoms with Gasteiger partial charge in [-0.2, -0.15) is 4.31 Å². The zero-order valence-electron chi connectivity index (χ0n) is 15.0. The number of hydrogen-bond donors (Lipinski definition) is 2. The number of rotatable bonds is 5. The lowest BCUT2D eigenvalue weighted by molar-refractivity contribution is -0.133. The van der Waals surface area contributed by atoms with Crippen LogP contribution in [0.25, 0.3) is 6.08 Å². The van der Waals surface area contributed by atoms with E-state index in [1.807, 2.05) is 30.3 Å². The summed E-state index contributed by atoms with van der Waals surface area (Å²) in [6.45, 7) is 4.01. The molecule has 0 bridgehead atoms. The van der Waals surface area contributed by atoms with Gasteiger partial charge in [0.1, 0.15) is 0 Å². The van der Waals surface area contributed by atoms with Gasteiger partial charge in [0.2, 0.25) is 21.8 Å². The van der Waals surface area contributed by atoms with Crippen LogP contribution >= 0.6 is 0 Å². The highest BCUT2D eigenvalue weighted by molar-refractivity contribution is 7.92. The van der Waals surface area contributed by atoms with Crippen molar-refractivity contribution in [1.29, 1.82) is 0 Å². The van der Waals surface area contributed by atoms with E-state index in [-0.39, 0.29) is 36.7 Å². The van der Waals surface area contributed by atoms with Crippen molar-refractivity contribution in [2.45, 2.75) is 26.7 Å². The smallest absolute Gasteiger partial charge is 0.241 e. The van der Waals surface area contributed by atoms with Crippen LogP contribution < -0.4 is 10.9 Å². The van der Waals surface area contributed by atoms with Crippen molar-refractivity contribution < 1.29 is 18.0 Å². The van der Waals surface area contributed by atoms with Crippen molar-refractivity contribution >= 4 is 27.9 Å². The number of nitrogens with zero attached hydrogens (tertiary/aromatic N) is 1. The Bertz CT molecular complexity index is 752. The average Bonchev–Trinajstić information content (AvgIpc) is 2.65. The molecule has 0 atom stereocenters. The van der Waals surface area contributed by atoms with Crippen molar-refractivity contribution in [2.24, 2.45) is 11.8 Å². The number of benzene rings is 1. The van der Waals surface area contributed by atoms with E-state index in [9.17, 15) is 18.0 Å². The highest BCUT2D eigenvalue weighted by Crippen LogP contribution is 2.20. The Kier molecular flexibility index (Phi) is 6.93. The fourth-order valence-corrected chi connectivity index (χ4v) is 3.78. The largest absolute Gasteiger partial charge is 0.273 e. The first-order valence-corrected chi connectivity index (χ1v) is 10.1. The topological polar surface area (TPSA) is 95.6 Å². The molecule has 1 aromatic carbocycles. The number of piperidine rings is 1. The van der Waals surface area contributed by atoms with E-state index in [1.165, 1.54) is 9.71 Å². The van der Waals surface area contributed by atoms with Crippen molar-refractivity contribution in [3.63, 3.8) is 0 Å². The molecule has 2 rings (SSSR count). The van der Waals surface area contributed by atoms with E-state index in [0.29, 0.717) is 12.8 Å². The van der Waals surface area contributed by atoms with Gasteiger partial charge in [-0.05, 0) is 24.5 Å². The van der Waals surface area contributed by atoms with Gasteiger partial charge >= 0.3 is 0 Å². The molecule has 0 spiro atoms. The van der Waals surface area contributed by atoms with Gasteiger partial charge in [-0.25, -0.2) is 8.42 Å². The van der Waals surface area contributed by atoms with Crippen LogP contribution in [0.2, 0.25) is 0 Å². The molecule has 2 amide bonds. The molecule has 26 heavy (non-hydrogen) atoms. The van der Waals surface area contributed by atoms with Crippen LogP contribution in [0.3, 0.4) is 0 Å². The molecular formula is C18H25N3O4S. The number of sulfonamides is 1. The van der Waals surface area contributed by atoms with E-state index in [4.69, 9.17) is 0 Å². The van der Waals surface area contributed by atoms with Crippen molar-refractivity contribution in [2.75, 3.05) is 13.1 Å². The minimum Gasteiger partial charge on any atom is -0.273 e. The first kappa shape index (κ1) is 20.1. The van der Waals surface area contributed by atoms with E-state index < -0.39 is 10.0 Å². The van der Waals surface area contributed by atoms with Crippen LogP contribution in [0.4, 0.5) is 0 Å². The number of hydrazine groups is 1. The quantitative estimate of drug-likeness (QED) is 0.758. The predicted molar refractivity (Wildman–Crippen MR) is 99.8 cm³/mol. The Balaban J connectivity index is 1.86. The number of nitrogens with one attached hydrogen (secondary N) is 2. The lowest BCUT2D eigenvalue weighted by Crippen LogP contribution is -2.48. The SMILES string of the molecule is CC(C)C(=O)NNC(=O)C1CCN(S(=O)(=O)/C=C/c2ccccc2)CC1. The van der Waals surface area contributed by atoms with E-state index >= 15 is 0 Å². The van der Waals surface area contributed by atoms with Gasteiger partial charge < -0.3 is 0 Å². The van der Waals surface area contributed by atoms with Gasteiger partial charge in [-0.1, -0.05) is 44.2 Å². The molecule has 0 saturated carbocycles. The molecule has 1 saturated heterocycles. The Hall–Kier alpha value is -2.19. The van der Waals surface area contributed by atoms with Crippen LogP contribution in [0, 0.1) is 11.8 Å². The van der Waals surface area contributed by atoms with Crippen molar-refractivity contribution in [3.05, 3.63) is 41.3 Å². The molecule has 142 valence electrons. The monoisotopic (exact) mass is 379 g/mol. The summed E-state index contributed by atoms with van der Waals surface area (Å²) >= 11 is 0. The number of hydrogen-bond acceptors (Lipinski definition) is 4. The zero-order valence-corrected chi connectivity index (χ0v) is 15.8. The summed E-state index contributed by atoms with van der Waals surface area (Å²) in [5.41, 5.74) is 5.60. The fourth-order valence-electron chi connectivity index (χ4n) is 2.56. The second-order valence-corrected chi connectivity index (χ2v) is 8.38. The summed E-state index contributed by atoms with van der Waals surface area (Å²) in [6, 6.07) is 9.20. The minimum absolute atomic E-state index is 0.223. The van der Waals surface area contributed by atoms with Gasteiger partial charge in [-0.15, -0.1) is 0 Å². The van der Waals surface area contributed by atoms with Crippen LogP contribution in [-0.2, 0) is 19.6 Å². The van der Waals surface area contributed by atoms with E-state index in [0.717, 1.165) is 5.56 Å². The summed E-state index contributed by atoms with van der Waals surface area (Å²) < 4.78 is 26.2. The molecule has 2 N–H and O–H groups in total. The summed E-state index contributed by atoms with van der Waals surface area (Å²) in [7, 11) is -3.52. The fraction of sp³-hybridized carbons (Fsp3) is 0.444. The third-order valence-electron chi connectivity index (χ3n) is 4.25. The maximum absolute atomic E-state index is 12.4. The van der Waals surface area contributed by atoms with Crippen LogP contribution in [0.1, 0.15) is 32.3 Å². The van der Waals surface area contributed by atoms with Crippen molar-refractivity contribution in [1.82, 2.24) is 15.2 Å². The number of amides is 2. The Morgan fingerprint density at radius 2 is 1.73 bits per heavy atom. The van der Waals surface area contributed by atoms with Gasteiger partial charge in [0, 0.05) is 30.3 Å². The molecule has 1 aliphatic heterocycles. The normalized spacial score (nSPS) is 16.7. The van der Waals surface area contributed by atoms with E-state index in [2.05, 4.69) is 10.9 Å². The van der Waals surface area contributed by atoms with Crippen LogP contribution in [-0.4, -0.2) is 37.6 Å². The second kappa shape index (κ2) is 8.95. The lowest BCUT2D eigenvalue weighted by atomic mass is 9.98. The molecule has 0 aliphatic carbocycles. The molecule has 0 radical (unpaired) electrons. The molecule has 8 heteroatoms. The standard InChI is InChI=1S/C18H25N3O4S/c1-14(2)17(22)19-20-18(23)16-8-11-21(12-9-16)26(24,25)13-10-15-6-4-3-5-7-15/h3-7,10,13-14,16H,8-9,11-12H2,1-2H3,(H,19,22)(H,20,23)/b13-10+. The summed E-state index contributed by atoms with van der Waals surface area (Å²) in [5, 5.41) is 1.20. The third-order valence-corrected chi connectivity index (χ3v) is 5.81. The summed E-state index contributed by atoms with van der Waals surface area (Å²) in [6.07, 6.45) is 2.40. The second-order valence-electron chi connectivity index (χ2n) is 6.56. The molecule has 0 unspecified atom stereocenters. The Morgan fingerprint density at radius 1 is 1.12 bits per heavy atom. The third kappa shape index (κ3) is 5.67. The minimum atomic E-state index is -3.52. The lowest BCUT2D eigenvalue weighted by Gasteiger charge is -2.29. The van der Waals surface area contributed by atoms with E-state index in [1.54, 1.807) is 19.9 Å². The van der Waals surface area contributed by atoms with Crippen molar-refractivity contribution in [3.8, 4) is 0 Å². The van der Waals surface area contributed by atoms with Gasteiger partial charge in [-0.3, -0.25) is 20.4 Å². The molecule has 1 heterocycles. The highest BCUT2D eigenvalue weighted by atomic mass is 32.2. The molecule has 1 aliphatic rings. The molecule has 1 aromatic rings. The van der Waals surface area contributed by atoms with Crippen LogP contribution in [0.15, 0.2) is 35.7 Å². The van der Waals surface area contributed by atoms with Gasteiger partial charge in [0.15, 0.2) is 0 Å². The number of carbonyl (C=O) groups excluding carboxylic acids is 2. The highest BCUT2D eigenvalue weighted by Gasteiger charge is 2.30. The molecular weight excluding hydrogens is 354 g/mol. The first-order chi connectivity index (χ1) is 12.3. The van der Waals surface area contributed by atoms with Crippen LogP contribution in [0.5, 0.6) is 0 Å². The Morgan fingerprint density at radius 3 is 2.31 bits per heavy atom. The molecule has 7 nitrogen and oxygen atoms in total. The van der Waals surface area contributed by atoms with Gasteiger partial charge in [0.05, 0.1) is 0 Å². The maximum atomic E-state index is 12.4.